The number of benzene rings is 1. The lowest BCUT2D eigenvalue weighted by Gasteiger charge is -2.09. The molecule has 0 saturated carbocycles. The standard InChI is InChI=1S/C16H10BrClN2O3S2/c17-13-8-12-15-9(5-6-25(22,23)16(12)24-13)7-14(21)20(19-15)11-3-1-10(18)2-4-11/h1-4,7-8H,5-6H2. The summed E-state index contributed by atoms with van der Waals surface area (Å²) >= 11 is 10.4. The van der Waals surface area contributed by atoms with E-state index in [0.717, 1.165) is 0 Å². The van der Waals surface area contributed by atoms with Crippen LogP contribution in [-0.2, 0) is 16.3 Å². The number of halogens is 2. The molecule has 0 bridgehead atoms. The van der Waals surface area contributed by atoms with E-state index in [1.807, 2.05) is 0 Å². The van der Waals surface area contributed by atoms with Crippen LogP contribution in [0.5, 0.6) is 0 Å². The van der Waals surface area contributed by atoms with Gasteiger partial charge in [0, 0.05) is 16.7 Å². The third-order valence-corrected chi connectivity index (χ3v) is 8.15. The van der Waals surface area contributed by atoms with Gasteiger partial charge in [-0.2, -0.15) is 9.78 Å². The van der Waals surface area contributed by atoms with Crippen LogP contribution < -0.4 is 5.56 Å². The first-order valence-corrected chi connectivity index (χ1v) is 10.9. The maximum Gasteiger partial charge on any atom is 0.271 e. The first-order valence-electron chi connectivity index (χ1n) is 7.27. The lowest BCUT2D eigenvalue weighted by atomic mass is 10.1. The van der Waals surface area contributed by atoms with Crippen LogP contribution in [0, 0.1) is 0 Å². The molecule has 0 aliphatic carbocycles. The van der Waals surface area contributed by atoms with Gasteiger partial charge in [-0.3, -0.25) is 4.79 Å². The Bertz CT molecular complexity index is 1150. The molecule has 9 heteroatoms. The van der Waals surface area contributed by atoms with Crippen LogP contribution in [-0.4, -0.2) is 24.0 Å². The number of nitrogens with zero attached hydrogens (tertiary/aromatic N) is 2. The summed E-state index contributed by atoms with van der Waals surface area (Å²) < 4.78 is 27.3. The number of hydrogen-bond donors (Lipinski definition) is 0. The minimum Gasteiger partial charge on any atom is -0.267 e. The highest BCUT2D eigenvalue weighted by Crippen LogP contribution is 2.40. The molecule has 0 radical (unpaired) electrons. The zero-order valence-corrected chi connectivity index (χ0v) is 16.5. The third-order valence-electron chi connectivity index (χ3n) is 3.93. The van der Waals surface area contributed by atoms with Crippen molar-refractivity contribution in [3.63, 3.8) is 0 Å². The van der Waals surface area contributed by atoms with Gasteiger partial charge in [0.25, 0.3) is 5.56 Å². The molecule has 1 aliphatic heterocycles. The molecule has 128 valence electrons. The van der Waals surface area contributed by atoms with E-state index in [4.69, 9.17) is 11.6 Å². The second-order valence-electron chi connectivity index (χ2n) is 5.57. The van der Waals surface area contributed by atoms with E-state index in [1.54, 1.807) is 30.3 Å². The number of aryl methyl sites for hydroxylation is 1. The molecule has 1 aromatic carbocycles. The zero-order valence-electron chi connectivity index (χ0n) is 12.6. The van der Waals surface area contributed by atoms with Gasteiger partial charge in [0.05, 0.1) is 20.9 Å². The Hall–Kier alpha value is -1.48. The van der Waals surface area contributed by atoms with Crippen LogP contribution in [0.25, 0.3) is 16.9 Å². The van der Waals surface area contributed by atoms with Crippen molar-refractivity contribution in [3.05, 3.63) is 61.1 Å². The number of sulfone groups is 1. The molecule has 0 N–H and O–H groups in total. The van der Waals surface area contributed by atoms with Gasteiger partial charge in [0.1, 0.15) is 4.21 Å². The number of hydrogen-bond acceptors (Lipinski definition) is 5. The summed E-state index contributed by atoms with van der Waals surface area (Å²) in [4.78, 5) is 12.5. The Morgan fingerprint density at radius 3 is 2.64 bits per heavy atom. The Kier molecular flexibility index (Phi) is 4.10. The molecule has 1 aliphatic rings. The highest BCUT2D eigenvalue weighted by Gasteiger charge is 2.29. The number of aromatic nitrogens is 2. The van der Waals surface area contributed by atoms with E-state index in [-0.39, 0.29) is 21.9 Å². The van der Waals surface area contributed by atoms with E-state index in [2.05, 4.69) is 21.0 Å². The van der Waals surface area contributed by atoms with Crippen LogP contribution in [0.3, 0.4) is 0 Å². The molecule has 4 rings (SSSR count). The Balaban J connectivity index is 2.00. The molecule has 3 aromatic rings. The fraction of sp³-hybridized carbons (Fsp3) is 0.125. The summed E-state index contributed by atoms with van der Waals surface area (Å²) in [5.41, 5.74) is 1.96. The van der Waals surface area contributed by atoms with Crippen molar-refractivity contribution in [2.45, 2.75) is 10.6 Å². The van der Waals surface area contributed by atoms with E-state index in [0.29, 0.717) is 31.3 Å². The number of rotatable bonds is 1. The minimum atomic E-state index is -3.40. The van der Waals surface area contributed by atoms with Crippen molar-refractivity contribution < 1.29 is 8.42 Å². The van der Waals surface area contributed by atoms with Crippen molar-refractivity contribution >= 4 is 48.7 Å². The van der Waals surface area contributed by atoms with Gasteiger partial charge in [0.2, 0.25) is 0 Å². The van der Waals surface area contributed by atoms with Crippen LogP contribution in [0.1, 0.15) is 5.56 Å². The molecule has 0 spiro atoms. The number of thiophene rings is 1. The molecule has 0 fully saturated rings. The number of fused-ring (bicyclic) bond motifs is 3. The molecule has 0 unspecified atom stereocenters. The summed E-state index contributed by atoms with van der Waals surface area (Å²) in [7, 11) is -3.40. The largest absolute Gasteiger partial charge is 0.271 e. The van der Waals surface area contributed by atoms with Crippen LogP contribution >= 0.6 is 38.9 Å². The van der Waals surface area contributed by atoms with E-state index in [9.17, 15) is 13.2 Å². The van der Waals surface area contributed by atoms with Crippen molar-refractivity contribution in [3.8, 4) is 16.9 Å². The highest BCUT2D eigenvalue weighted by atomic mass is 79.9. The monoisotopic (exact) mass is 456 g/mol. The average molecular weight is 458 g/mol. The minimum absolute atomic E-state index is 0.0357. The first-order chi connectivity index (χ1) is 11.8. The van der Waals surface area contributed by atoms with Gasteiger partial charge in [-0.1, -0.05) is 11.6 Å². The van der Waals surface area contributed by atoms with Crippen molar-refractivity contribution in [2.75, 3.05) is 5.75 Å². The summed E-state index contributed by atoms with van der Waals surface area (Å²) in [6, 6.07) is 9.95. The molecule has 3 heterocycles. The van der Waals surface area contributed by atoms with Crippen molar-refractivity contribution in [1.29, 1.82) is 0 Å². The van der Waals surface area contributed by atoms with Crippen LogP contribution in [0.2, 0.25) is 5.02 Å². The summed E-state index contributed by atoms with van der Waals surface area (Å²) in [6.07, 6.45) is 0.264. The SMILES string of the molecule is O=c1cc2c(nn1-c1ccc(Cl)cc1)-c1cc(Br)sc1S(=O)(=O)CC2. The maximum absolute atomic E-state index is 12.5. The van der Waals surface area contributed by atoms with Gasteiger partial charge in [-0.15, -0.1) is 11.3 Å². The molecule has 0 amide bonds. The predicted octanol–water partition coefficient (Wildman–Crippen LogP) is 3.71. The van der Waals surface area contributed by atoms with Gasteiger partial charge in [0.15, 0.2) is 9.84 Å². The zero-order chi connectivity index (χ0) is 17.8. The van der Waals surface area contributed by atoms with Crippen LogP contribution in [0.4, 0.5) is 0 Å². The molecule has 0 saturated heterocycles. The second kappa shape index (κ2) is 6.05. The lowest BCUT2D eigenvalue weighted by molar-refractivity contribution is 0.598. The molecular formula is C16H10BrClN2O3S2. The summed E-state index contributed by atoms with van der Waals surface area (Å²) in [5, 5.41) is 5.03. The van der Waals surface area contributed by atoms with E-state index < -0.39 is 9.84 Å². The average Bonchev–Trinajstić information content (AvgIpc) is 2.93. The van der Waals surface area contributed by atoms with Crippen molar-refractivity contribution in [2.24, 2.45) is 0 Å². The Labute approximate surface area is 160 Å². The van der Waals surface area contributed by atoms with Gasteiger partial charge < -0.3 is 0 Å². The maximum atomic E-state index is 12.5. The molecule has 25 heavy (non-hydrogen) atoms. The second-order valence-corrected chi connectivity index (χ2v) is 10.7. The quantitative estimate of drug-likeness (QED) is 0.559. The molecule has 0 atom stereocenters. The van der Waals surface area contributed by atoms with E-state index in [1.165, 1.54) is 22.1 Å². The fourth-order valence-electron chi connectivity index (χ4n) is 2.76. The normalized spacial score (nSPS) is 15.3. The Morgan fingerprint density at radius 1 is 1.20 bits per heavy atom. The Morgan fingerprint density at radius 2 is 1.92 bits per heavy atom. The molecule has 2 aromatic heterocycles. The lowest BCUT2D eigenvalue weighted by Crippen LogP contribution is -2.22. The smallest absolute Gasteiger partial charge is 0.267 e. The van der Waals surface area contributed by atoms with Crippen molar-refractivity contribution in [1.82, 2.24) is 9.78 Å². The summed E-state index contributed by atoms with van der Waals surface area (Å²) in [5.74, 6) is -0.0357. The third kappa shape index (κ3) is 2.97. The van der Waals surface area contributed by atoms with Gasteiger partial charge >= 0.3 is 0 Å². The first kappa shape index (κ1) is 17.0. The fourth-order valence-corrected chi connectivity index (χ4v) is 6.73. The molecular weight excluding hydrogens is 448 g/mol. The highest BCUT2D eigenvalue weighted by molar-refractivity contribution is 9.11. The van der Waals surface area contributed by atoms with Gasteiger partial charge in [-0.05, 0) is 58.2 Å². The predicted molar refractivity (Wildman–Crippen MR) is 102 cm³/mol. The summed E-state index contributed by atoms with van der Waals surface area (Å²) in [6.45, 7) is 0. The molecule has 5 nitrogen and oxygen atoms in total. The van der Waals surface area contributed by atoms with E-state index >= 15 is 0 Å². The van der Waals surface area contributed by atoms with Gasteiger partial charge in [-0.25, -0.2) is 8.42 Å². The topological polar surface area (TPSA) is 69.0 Å². The van der Waals surface area contributed by atoms with Crippen LogP contribution in [0.15, 0.2) is 49.2 Å².